The van der Waals surface area contributed by atoms with Crippen molar-refractivity contribution < 1.29 is 44.2 Å². The van der Waals surface area contributed by atoms with Gasteiger partial charge in [0.05, 0.1) is 66.6 Å². The van der Waals surface area contributed by atoms with Crippen molar-refractivity contribution in [3.8, 4) is 5.69 Å². The quantitative estimate of drug-likeness (QED) is 0.138. The smallest absolute Gasteiger partial charge is 0.308 e. The lowest BCUT2D eigenvalue weighted by atomic mass is 9.79. The number of aliphatic hydroxyl groups excluding tert-OH is 4. The second-order valence-corrected chi connectivity index (χ2v) is 16.2. The molecule has 1 saturated heterocycles. The summed E-state index contributed by atoms with van der Waals surface area (Å²) in [7, 11) is 3.51. The van der Waals surface area contributed by atoms with Gasteiger partial charge in [0.1, 0.15) is 12.2 Å². The van der Waals surface area contributed by atoms with Gasteiger partial charge in [0.15, 0.2) is 12.1 Å². The maximum absolute atomic E-state index is 13.7. The van der Waals surface area contributed by atoms with Crippen LogP contribution in [0.4, 0.5) is 0 Å². The van der Waals surface area contributed by atoms with Gasteiger partial charge in [-0.15, -0.1) is 5.10 Å². The van der Waals surface area contributed by atoms with Gasteiger partial charge in [0.2, 0.25) is 0 Å². The number of ketones is 1. The summed E-state index contributed by atoms with van der Waals surface area (Å²) < 4.78 is 20.3. The molecule has 2 unspecified atom stereocenters. The highest BCUT2D eigenvalue weighted by molar-refractivity contribution is 5.91. The molecule has 0 radical (unpaired) electrons. The zero-order valence-electron chi connectivity index (χ0n) is 34.7. The molecule has 326 valence electrons. The molecule has 1 aromatic carbocycles. The predicted molar refractivity (Wildman–Crippen MR) is 224 cm³/mol. The van der Waals surface area contributed by atoms with Crippen LogP contribution in [0.3, 0.4) is 0 Å². The average Bonchev–Trinajstić information content (AvgIpc) is 3.68. The Balaban J connectivity index is 0.00000769. The van der Waals surface area contributed by atoms with E-state index in [9.17, 15) is 30.0 Å². The van der Waals surface area contributed by atoms with Gasteiger partial charge in [-0.2, -0.15) is 0 Å². The van der Waals surface area contributed by atoms with Crippen LogP contribution < -0.4 is 5.32 Å². The summed E-state index contributed by atoms with van der Waals surface area (Å²) in [6.07, 6.45) is 2.72. The molecule has 2 aromatic heterocycles. The first kappa shape index (κ1) is 47.7. The van der Waals surface area contributed by atoms with E-state index in [0.29, 0.717) is 38.0 Å². The fourth-order valence-electron chi connectivity index (χ4n) is 8.15. The number of esters is 1. The number of aromatic nitrogens is 4. The zero-order valence-corrected chi connectivity index (χ0v) is 34.7. The summed E-state index contributed by atoms with van der Waals surface area (Å²) in [5.74, 6) is -2.80. The number of nitrogens with zero attached hydrogens (tertiary/aromatic N) is 5. The first-order valence-corrected chi connectivity index (χ1v) is 20.4. The Morgan fingerprint density at radius 2 is 1.81 bits per heavy atom. The van der Waals surface area contributed by atoms with Crippen molar-refractivity contribution in [2.24, 2.45) is 23.7 Å². The molecule has 1 fully saturated rings. The SMILES string of the molecule is C.CC[C@H]1OC(=O)C[C@@H](O)[C@H](C)[C@@H](O[C@@H]2O[C@H](C)[C@@H](O)C(N(C)C)C2O)[C@@H](CCNCc2cn(-c3cccc4ncccc34)nn2)C[C@@H](C)C(=O)/C=C/C(C)=C/[C@@H]1CO. The van der Waals surface area contributed by atoms with E-state index in [1.165, 1.54) is 6.08 Å². The van der Waals surface area contributed by atoms with Crippen molar-refractivity contribution >= 4 is 22.7 Å². The molecule has 0 amide bonds. The number of hydrogen-bond acceptors (Lipinski definition) is 14. The summed E-state index contributed by atoms with van der Waals surface area (Å²) in [5, 5.41) is 57.5. The van der Waals surface area contributed by atoms with Crippen LogP contribution >= 0.6 is 0 Å². The van der Waals surface area contributed by atoms with Gasteiger partial charge in [-0.25, -0.2) is 4.68 Å². The number of ether oxygens (including phenoxy) is 3. The van der Waals surface area contributed by atoms with E-state index in [4.69, 9.17) is 14.2 Å². The molecule has 3 aromatic rings. The third-order valence-corrected chi connectivity index (χ3v) is 11.6. The summed E-state index contributed by atoms with van der Waals surface area (Å²) in [6.45, 7) is 9.60. The van der Waals surface area contributed by atoms with Gasteiger partial charge in [0, 0.05) is 35.9 Å². The number of aliphatic hydroxyl groups is 4. The Morgan fingerprint density at radius 3 is 2.53 bits per heavy atom. The third-order valence-electron chi connectivity index (χ3n) is 11.6. The maximum Gasteiger partial charge on any atom is 0.308 e. The van der Waals surface area contributed by atoms with Crippen LogP contribution in [-0.2, 0) is 30.3 Å². The Morgan fingerprint density at radius 1 is 1.05 bits per heavy atom. The largest absolute Gasteiger partial charge is 0.462 e. The van der Waals surface area contributed by atoms with Crippen LogP contribution in [0.5, 0.6) is 0 Å². The first-order chi connectivity index (χ1) is 27.7. The number of likely N-dealkylation sites (N-methyl/N-ethyl adjacent to an activating group) is 1. The number of nitrogens with one attached hydrogen (secondary N) is 1. The van der Waals surface area contributed by atoms with Gasteiger partial charge in [-0.05, 0) is 90.0 Å². The zero-order chi connectivity index (χ0) is 42.1. The Bertz CT molecular complexity index is 1860. The number of allylic oxidation sites excluding steroid dienone is 3. The van der Waals surface area contributed by atoms with E-state index in [1.54, 1.807) is 55.9 Å². The highest BCUT2D eigenvalue weighted by Crippen LogP contribution is 2.34. The van der Waals surface area contributed by atoms with E-state index in [-0.39, 0.29) is 32.2 Å². The van der Waals surface area contributed by atoms with Crippen molar-refractivity contribution in [3.63, 3.8) is 0 Å². The van der Waals surface area contributed by atoms with Crippen molar-refractivity contribution in [1.29, 1.82) is 0 Å². The number of carbonyl (C=O) groups excluding carboxylic acids is 2. The molecule has 12 atom stereocenters. The molecule has 5 N–H and O–H groups in total. The molecule has 15 heteroatoms. The highest BCUT2D eigenvalue weighted by Gasteiger charge is 2.47. The molecular formula is C44H66N6O9. The van der Waals surface area contributed by atoms with E-state index >= 15 is 0 Å². The fraction of sp³-hybridized carbons (Fsp3) is 0.614. The Kier molecular flexibility index (Phi) is 17.9. The van der Waals surface area contributed by atoms with Gasteiger partial charge in [0.25, 0.3) is 0 Å². The van der Waals surface area contributed by atoms with Crippen molar-refractivity contribution in [2.75, 3.05) is 27.2 Å². The molecule has 15 nitrogen and oxygen atoms in total. The summed E-state index contributed by atoms with van der Waals surface area (Å²) in [5.41, 5.74) is 3.15. The molecule has 0 saturated carbocycles. The number of pyridine rings is 1. The van der Waals surface area contributed by atoms with Crippen molar-refractivity contribution in [1.82, 2.24) is 30.2 Å². The maximum atomic E-state index is 13.7. The minimum Gasteiger partial charge on any atom is -0.462 e. The molecule has 0 aliphatic carbocycles. The van der Waals surface area contributed by atoms with Crippen LogP contribution in [0.25, 0.3) is 16.6 Å². The van der Waals surface area contributed by atoms with Gasteiger partial charge >= 0.3 is 5.97 Å². The first-order valence-electron chi connectivity index (χ1n) is 20.4. The van der Waals surface area contributed by atoms with Crippen molar-refractivity contribution in [3.05, 3.63) is 72.2 Å². The topological polar surface area (TPSA) is 202 Å². The van der Waals surface area contributed by atoms with Crippen LogP contribution in [-0.4, -0.2) is 133 Å². The van der Waals surface area contributed by atoms with Gasteiger partial charge < -0.3 is 44.9 Å². The normalized spacial score (nSPS) is 32.9. The molecule has 4 heterocycles. The molecular weight excluding hydrogens is 757 g/mol. The van der Waals surface area contributed by atoms with E-state index in [0.717, 1.165) is 22.2 Å². The lowest BCUT2D eigenvalue weighted by Crippen LogP contribution is -2.63. The molecule has 2 aliphatic heterocycles. The number of hydrogen-bond donors (Lipinski definition) is 5. The Hall–Kier alpha value is -3.93. The molecule has 5 rings (SSSR count). The van der Waals surface area contributed by atoms with Crippen LogP contribution in [0.15, 0.2) is 66.5 Å². The number of rotatable bonds is 11. The lowest BCUT2D eigenvalue weighted by molar-refractivity contribution is -0.304. The number of carbonyl (C=O) groups is 2. The average molecular weight is 823 g/mol. The van der Waals surface area contributed by atoms with E-state index in [2.05, 4.69) is 20.6 Å². The number of cyclic esters (lactones) is 1. The monoisotopic (exact) mass is 822 g/mol. The minimum absolute atomic E-state index is 0. The van der Waals surface area contributed by atoms with Crippen LogP contribution in [0.1, 0.15) is 73.4 Å². The van der Waals surface area contributed by atoms with Gasteiger partial charge in [-0.1, -0.05) is 57.2 Å². The Labute approximate surface area is 348 Å². The second-order valence-electron chi connectivity index (χ2n) is 16.2. The standard InChI is InChI=1S/C43H62N6O9.CH4/c1-8-37-30(24-50)19-25(2)14-15-35(51)26(3)20-29(16-18-44-22-31-23-49(47-46-31)34-13-9-12-33-32(34)11-10-17-45-33)42(27(4)36(52)21-38(53)57-37)58-43-41(55)39(48(6)7)40(54)28(5)56-43;/h9-15,17,19,23,26-30,36-37,39-44,50,52,54-55H,8,16,18,20-22,24H2,1-7H3;1H4/b15-14+,25-19+;/t26-,27+,28-,29+,30-,36-,37-,39?,40-,41?,42-,43+;/m1./s1. The van der Waals surface area contributed by atoms with Crippen molar-refractivity contribution in [2.45, 2.75) is 123 Å². The fourth-order valence-corrected chi connectivity index (χ4v) is 8.15. The number of fused-ring (bicyclic) bond motifs is 1. The summed E-state index contributed by atoms with van der Waals surface area (Å²) in [6, 6.07) is 8.98. The highest BCUT2D eigenvalue weighted by atomic mass is 16.7. The molecule has 2 aliphatic rings. The second kappa shape index (κ2) is 22.1. The minimum atomic E-state index is -1.26. The third kappa shape index (κ3) is 12.1. The molecule has 0 bridgehead atoms. The van der Waals surface area contributed by atoms with Gasteiger partial charge in [-0.3, -0.25) is 14.6 Å². The summed E-state index contributed by atoms with van der Waals surface area (Å²) >= 11 is 0. The van der Waals surface area contributed by atoms with Crippen LogP contribution in [0, 0.1) is 23.7 Å². The molecule has 0 spiro atoms. The lowest BCUT2D eigenvalue weighted by Gasteiger charge is -2.46. The van der Waals surface area contributed by atoms with Crippen LogP contribution in [0.2, 0.25) is 0 Å². The predicted octanol–water partition coefficient (Wildman–Crippen LogP) is 3.76. The summed E-state index contributed by atoms with van der Waals surface area (Å²) in [4.78, 5) is 33.2. The molecule has 59 heavy (non-hydrogen) atoms. The van der Waals surface area contributed by atoms with E-state index in [1.807, 2.05) is 57.3 Å². The van der Waals surface area contributed by atoms with E-state index < -0.39 is 72.7 Å². The number of benzene rings is 1.